The summed E-state index contributed by atoms with van der Waals surface area (Å²) in [6.45, 7) is 4.36. The van der Waals surface area contributed by atoms with Crippen LogP contribution >= 0.6 is 23.2 Å². The van der Waals surface area contributed by atoms with Gasteiger partial charge in [-0.25, -0.2) is 0 Å². The van der Waals surface area contributed by atoms with Gasteiger partial charge < -0.3 is 14.0 Å². The molecule has 190 valence electrons. The van der Waals surface area contributed by atoms with Gasteiger partial charge in [0.05, 0.1) is 23.3 Å². The van der Waals surface area contributed by atoms with E-state index in [2.05, 4.69) is 4.74 Å². The van der Waals surface area contributed by atoms with E-state index in [9.17, 15) is 18.0 Å². The second-order valence-electron chi connectivity index (χ2n) is 8.51. The second kappa shape index (κ2) is 11.6. The number of aromatic nitrogens is 1. The molecule has 1 heterocycles. The van der Waals surface area contributed by atoms with E-state index in [1.807, 2.05) is 6.07 Å². The van der Waals surface area contributed by atoms with Gasteiger partial charge in [-0.1, -0.05) is 23.2 Å². The molecule has 3 aromatic rings. The number of halogens is 5. The van der Waals surface area contributed by atoms with Crippen LogP contribution in [0.1, 0.15) is 55.0 Å². The number of alkyl halides is 3. The maximum absolute atomic E-state index is 13.2. The van der Waals surface area contributed by atoms with Gasteiger partial charge in [-0.05, 0) is 81.0 Å². The lowest BCUT2D eigenvalue weighted by Gasteiger charge is -2.17. The molecular weight excluding hydrogens is 502 g/mol. The highest BCUT2D eigenvalue weighted by Gasteiger charge is 2.31. The van der Waals surface area contributed by atoms with Gasteiger partial charge in [0.15, 0.2) is 0 Å². The number of fused-ring (bicyclic) bond motifs is 1. The molecule has 0 atom stereocenters. The molecule has 1 saturated carbocycles. The lowest BCUT2D eigenvalue weighted by atomic mass is 10.1. The summed E-state index contributed by atoms with van der Waals surface area (Å²) in [7, 11) is 1.76. The maximum Gasteiger partial charge on any atom is 0.416 e. The summed E-state index contributed by atoms with van der Waals surface area (Å²) in [6, 6.07) is 7.83. The van der Waals surface area contributed by atoms with E-state index in [0.29, 0.717) is 51.9 Å². The van der Waals surface area contributed by atoms with Crippen LogP contribution in [-0.2, 0) is 29.2 Å². The molecule has 35 heavy (non-hydrogen) atoms. The summed E-state index contributed by atoms with van der Waals surface area (Å²) in [5.41, 5.74) is 2.01. The summed E-state index contributed by atoms with van der Waals surface area (Å²) in [5, 5.41) is 1.76. The average Bonchev–Trinajstić information content (AvgIpc) is 3.42. The van der Waals surface area contributed by atoms with E-state index in [4.69, 9.17) is 27.9 Å². The minimum atomic E-state index is -4.39. The van der Waals surface area contributed by atoms with E-state index in [1.165, 1.54) is 12.1 Å². The number of ether oxygens (including phenoxy) is 2. The Bertz CT molecular complexity index is 1190. The van der Waals surface area contributed by atoms with Gasteiger partial charge in [0.25, 0.3) is 6.47 Å². The fourth-order valence-corrected chi connectivity index (χ4v) is 4.81. The summed E-state index contributed by atoms with van der Waals surface area (Å²) < 4.78 is 51.7. The summed E-state index contributed by atoms with van der Waals surface area (Å²) in [4.78, 5) is 9.18. The quantitative estimate of drug-likeness (QED) is 0.304. The fourth-order valence-electron chi connectivity index (χ4n) is 4.26. The Balaban J connectivity index is 0.000000623. The molecule has 0 saturated heterocycles. The van der Waals surface area contributed by atoms with Crippen LogP contribution in [-0.4, -0.2) is 23.8 Å². The van der Waals surface area contributed by atoms with Crippen molar-refractivity contribution in [3.63, 3.8) is 0 Å². The van der Waals surface area contributed by atoms with Crippen molar-refractivity contribution in [1.82, 2.24) is 4.57 Å². The Hall–Kier alpha value is -2.38. The molecule has 1 fully saturated rings. The summed E-state index contributed by atoms with van der Waals surface area (Å²) >= 11 is 13.1. The van der Waals surface area contributed by atoms with Crippen molar-refractivity contribution in [2.75, 3.05) is 6.61 Å². The molecule has 0 radical (unpaired) electrons. The SMILES string of the molecule is CCOC=O.Cc1cc(C(F)(F)F)cc2c1cc(Cc1c(Cl)ccc(OC3CCCC3)c1Cl)n2C. The summed E-state index contributed by atoms with van der Waals surface area (Å²) in [6.07, 6.45) is 0.498. The normalized spacial score (nSPS) is 14.1. The third-order valence-electron chi connectivity index (χ3n) is 6.13. The minimum absolute atomic E-state index is 0.164. The zero-order valence-electron chi connectivity index (χ0n) is 19.8. The van der Waals surface area contributed by atoms with E-state index in [-0.39, 0.29) is 6.10 Å². The predicted octanol–water partition coefficient (Wildman–Crippen LogP) is 7.90. The third kappa shape index (κ3) is 6.44. The topological polar surface area (TPSA) is 40.5 Å². The van der Waals surface area contributed by atoms with Crippen LogP contribution in [0.2, 0.25) is 10.0 Å². The number of carbonyl (C=O) groups is 1. The first kappa shape index (κ1) is 27.2. The highest BCUT2D eigenvalue weighted by Crippen LogP contribution is 2.39. The zero-order chi connectivity index (χ0) is 25.8. The minimum Gasteiger partial charge on any atom is -0.489 e. The average molecular weight is 530 g/mol. The standard InChI is InChI=1S/C23H22Cl2F3NO.C3H6O2/c1-13-9-14(23(26,27)28)10-20-17(13)11-15(29(20)2)12-18-19(24)7-8-21(22(18)25)30-16-5-3-4-6-16;1-2-5-3-4/h7-11,16H,3-6,12H2,1-2H3;3H,2H2,1H3. The smallest absolute Gasteiger partial charge is 0.416 e. The Morgan fingerprint density at radius 1 is 1.14 bits per heavy atom. The number of aryl methyl sites for hydroxylation is 2. The van der Waals surface area contributed by atoms with Crippen molar-refractivity contribution < 1.29 is 27.4 Å². The molecule has 0 amide bonds. The molecular formula is C26H28Cl2F3NO3. The fraction of sp³-hybridized carbons (Fsp3) is 0.423. The number of carbonyl (C=O) groups excluding carboxylic acids is 1. The number of nitrogens with zero attached hydrogens (tertiary/aromatic N) is 1. The molecule has 1 aromatic heterocycles. The van der Waals surface area contributed by atoms with Crippen LogP contribution in [0.5, 0.6) is 5.75 Å². The summed E-state index contributed by atoms with van der Waals surface area (Å²) in [5.74, 6) is 0.609. The third-order valence-corrected chi connectivity index (χ3v) is 6.90. The van der Waals surface area contributed by atoms with Gasteiger partial charge in [-0.3, -0.25) is 4.79 Å². The molecule has 1 aliphatic carbocycles. The molecule has 0 bridgehead atoms. The maximum atomic E-state index is 13.2. The van der Waals surface area contributed by atoms with Crippen LogP contribution in [0, 0.1) is 6.92 Å². The Morgan fingerprint density at radius 2 is 1.83 bits per heavy atom. The molecule has 9 heteroatoms. The van der Waals surface area contributed by atoms with Gasteiger partial charge in [0.2, 0.25) is 0 Å². The van der Waals surface area contributed by atoms with Gasteiger partial charge in [0, 0.05) is 35.1 Å². The van der Waals surface area contributed by atoms with E-state index in [0.717, 1.165) is 36.8 Å². The number of benzene rings is 2. The second-order valence-corrected chi connectivity index (χ2v) is 9.29. The van der Waals surface area contributed by atoms with Crippen molar-refractivity contribution in [1.29, 1.82) is 0 Å². The number of hydrogen-bond acceptors (Lipinski definition) is 3. The number of hydrogen-bond donors (Lipinski definition) is 0. The van der Waals surface area contributed by atoms with Crippen LogP contribution in [0.3, 0.4) is 0 Å². The lowest BCUT2D eigenvalue weighted by Crippen LogP contribution is -2.11. The molecule has 0 N–H and O–H groups in total. The Labute approximate surface area is 212 Å². The van der Waals surface area contributed by atoms with Crippen LogP contribution < -0.4 is 4.74 Å². The largest absolute Gasteiger partial charge is 0.489 e. The first-order valence-electron chi connectivity index (χ1n) is 11.4. The van der Waals surface area contributed by atoms with Gasteiger partial charge in [-0.15, -0.1) is 0 Å². The highest BCUT2D eigenvalue weighted by atomic mass is 35.5. The molecule has 2 aromatic carbocycles. The first-order valence-corrected chi connectivity index (χ1v) is 12.2. The van der Waals surface area contributed by atoms with Crippen LogP contribution in [0.15, 0.2) is 30.3 Å². The molecule has 0 aliphatic heterocycles. The molecule has 4 nitrogen and oxygen atoms in total. The molecule has 0 unspecified atom stereocenters. The molecule has 0 spiro atoms. The highest BCUT2D eigenvalue weighted by molar-refractivity contribution is 6.37. The monoisotopic (exact) mass is 529 g/mol. The van der Waals surface area contributed by atoms with Crippen molar-refractivity contribution >= 4 is 40.6 Å². The van der Waals surface area contributed by atoms with E-state index >= 15 is 0 Å². The van der Waals surface area contributed by atoms with Crippen molar-refractivity contribution in [2.45, 2.75) is 58.2 Å². The van der Waals surface area contributed by atoms with Crippen molar-refractivity contribution in [3.8, 4) is 5.75 Å². The van der Waals surface area contributed by atoms with Gasteiger partial charge in [0.1, 0.15) is 5.75 Å². The van der Waals surface area contributed by atoms with Gasteiger partial charge in [-0.2, -0.15) is 13.2 Å². The first-order chi connectivity index (χ1) is 16.6. The number of rotatable bonds is 6. The Morgan fingerprint density at radius 3 is 2.40 bits per heavy atom. The van der Waals surface area contributed by atoms with Crippen LogP contribution in [0.25, 0.3) is 10.9 Å². The van der Waals surface area contributed by atoms with Crippen molar-refractivity contribution in [3.05, 3.63) is 62.8 Å². The Kier molecular flexibility index (Phi) is 9.00. The van der Waals surface area contributed by atoms with E-state index < -0.39 is 11.7 Å². The van der Waals surface area contributed by atoms with Crippen LogP contribution in [0.4, 0.5) is 13.2 Å². The van der Waals surface area contributed by atoms with E-state index in [1.54, 1.807) is 37.6 Å². The molecule has 4 rings (SSSR count). The lowest BCUT2D eigenvalue weighted by molar-refractivity contribution is -0.137. The molecule has 1 aliphatic rings. The zero-order valence-corrected chi connectivity index (χ0v) is 21.4. The van der Waals surface area contributed by atoms with Gasteiger partial charge >= 0.3 is 6.18 Å². The predicted molar refractivity (Wildman–Crippen MR) is 132 cm³/mol. The van der Waals surface area contributed by atoms with Crippen molar-refractivity contribution in [2.24, 2.45) is 7.05 Å².